The molecule has 0 aliphatic heterocycles. The topological polar surface area (TPSA) is 20.2 Å². The maximum absolute atomic E-state index is 10.3. The molecule has 0 saturated heterocycles. The van der Waals surface area contributed by atoms with Crippen molar-refractivity contribution in [1.29, 1.82) is 0 Å². The van der Waals surface area contributed by atoms with E-state index in [4.69, 9.17) is 12.2 Å². The van der Waals surface area contributed by atoms with E-state index >= 15 is 0 Å². The zero-order valence-corrected chi connectivity index (χ0v) is 11.8. The second kappa shape index (κ2) is 4.33. The molecule has 94 valence electrons. The molecule has 0 aromatic heterocycles. The molecule has 0 heterocycles. The molecule has 1 N–H and O–H groups in total. The average molecular weight is 250 g/mol. The summed E-state index contributed by atoms with van der Waals surface area (Å²) in [5, 5.41) is 10.3. The Morgan fingerprint density at radius 3 is 2.82 bits per heavy atom. The average Bonchev–Trinajstić information content (AvgIpc) is 2.26. The van der Waals surface area contributed by atoms with Gasteiger partial charge in [-0.3, -0.25) is 0 Å². The van der Waals surface area contributed by atoms with Crippen LogP contribution in [0.1, 0.15) is 33.6 Å². The maximum atomic E-state index is 10.3. The summed E-state index contributed by atoms with van der Waals surface area (Å²) in [6.07, 6.45) is 6.06. The second-order valence-corrected chi connectivity index (χ2v) is 6.52. The van der Waals surface area contributed by atoms with Crippen LogP contribution in [-0.4, -0.2) is 16.1 Å². The highest BCUT2D eigenvalue weighted by molar-refractivity contribution is 7.80. The Morgan fingerprint density at radius 2 is 2.24 bits per heavy atom. The van der Waals surface area contributed by atoms with Crippen LogP contribution in [-0.2, 0) is 0 Å². The minimum absolute atomic E-state index is 0.137. The molecule has 0 spiro atoms. The lowest BCUT2D eigenvalue weighted by molar-refractivity contribution is 0.0541. The molecule has 2 aliphatic carbocycles. The number of allylic oxidation sites excluding steroid dienone is 2. The highest BCUT2D eigenvalue weighted by atomic mass is 32.1. The molecule has 0 aromatic rings. The Kier molecular flexibility index (Phi) is 3.30. The van der Waals surface area contributed by atoms with Crippen LogP contribution in [0.15, 0.2) is 24.3 Å². The summed E-state index contributed by atoms with van der Waals surface area (Å²) >= 11 is 5.51. The van der Waals surface area contributed by atoms with Crippen LogP contribution >= 0.6 is 12.2 Å². The summed E-state index contributed by atoms with van der Waals surface area (Å²) in [6.45, 7) is 10.6. The zero-order chi connectivity index (χ0) is 12.8. The van der Waals surface area contributed by atoms with Crippen molar-refractivity contribution in [2.45, 2.75) is 39.7 Å². The molecule has 1 saturated carbocycles. The summed E-state index contributed by atoms with van der Waals surface area (Å²) < 4.78 is 0. The van der Waals surface area contributed by atoms with Gasteiger partial charge in [0.2, 0.25) is 0 Å². The third-order valence-corrected chi connectivity index (χ3v) is 5.42. The Morgan fingerprint density at radius 1 is 1.59 bits per heavy atom. The van der Waals surface area contributed by atoms with Gasteiger partial charge < -0.3 is 5.11 Å². The van der Waals surface area contributed by atoms with Crippen molar-refractivity contribution < 1.29 is 5.11 Å². The highest BCUT2D eigenvalue weighted by Gasteiger charge is 2.50. The Bertz CT molecular complexity index is 384. The van der Waals surface area contributed by atoms with Crippen LogP contribution in [0.4, 0.5) is 0 Å². The predicted molar refractivity (Wildman–Crippen MR) is 76.0 cm³/mol. The minimum atomic E-state index is -0.490. The normalized spacial score (nSPS) is 45.5. The SMILES string of the molecule is C=C(C)C1CC2(C)C(C)CC=CC2C(=S)C1O. The largest absolute Gasteiger partial charge is 0.387 e. The smallest absolute Gasteiger partial charge is 0.0923 e. The molecule has 0 amide bonds. The van der Waals surface area contributed by atoms with E-state index in [9.17, 15) is 5.11 Å². The van der Waals surface area contributed by atoms with Gasteiger partial charge in [-0.2, -0.15) is 0 Å². The lowest BCUT2D eigenvalue weighted by Crippen LogP contribution is -2.51. The van der Waals surface area contributed by atoms with Gasteiger partial charge in [-0.15, -0.1) is 0 Å². The molecule has 5 unspecified atom stereocenters. The summed E-state index contributed by atoms with van der Waals surface area (Å²) in [7, 11) is 0. The van der Waals surface area contributed by atoms with Gasteiger partial charge in [0, 0.05) is 16.7 Å². The fourth-order valence-electron chi connectivity index (χ4n) is 3.37. The first-order valence-electron chi connectivity index (χ1n) is 6.41. The summed E-state index contributed by atoms with van der Waals surface area (Å²) in [5.74, 6) is 1.01. The van der Waals surface area contributed by atoms with Gasteiger partial charge in [-0.05, 0) is 31.1 Å². The first-order valence-corrected chi connectivity index (χ1v) is 6.82. The maximum Gasteiger partial charge on any atom is 0.0923 e. The number of thiocarbonyl (C=S) groups is 1. The van der Waals surface area contributed by atoms with Crippen molar-refractivity contribution in [1.82, 2.24) is 0 Å². The van der Waals surface area contributed by atoms with Crippen molar-refractivity contribution in [3.05, 3.63) is 24.3 Å². The van der Waals surface area contributed by atoms with E-state index in [1.54, 1.807) is 0 Å². The molecule has 0 bridgehead atoms. The molecule has 2 aliphatic rings. The molecule has 1 nitrogen and oxygen atoms in total. The van der Waals surface area contributed by atoms with E-state index in [0.717, 1.165) is 23.3 Å². The summed E-state index contributed by atoms with van der Waals surface area (Å²) in [5.41, 5.74) is 1.25. The zero-order valence-electron chi connectivity index (χ0n) is 10.9. The first-order chi connectivity index (χ1) is 7.88. The minimum Gasteiger partial charge on any atom is -0.387 e. The van der Waals surface area contributed by atoms with Gasteiger partial charge in [0.25, 0.3) is 0 Å². The van der Waals surface area contributed by atoms with Crippen molar-refractivity contribution in [3.63, 3.8) is 0 Å². The number of hydrogen-bond donors (Lipinski definition) is 1. The fourth-order valence-corrected chi connectivity index (χ4v) is 3.89. The molecule has 1 fully saturated rings. The van der Waals surface area contributed by atoms with Gasteiger partial charge in [0.1, 0.15) is 0 Å². The van der Waals surface area contributed by atoms with Gasteiger partial charge in [-0.1, -0.05) is 50.4 Å². The summed E-state index contributed by atoms with van der Waals surface area (Å²) in [4.78, 5) is 0.814. The molecule has 2 rings (SSSR count). The Balaban J connectivity index is 2.40. The van der Waals surface area contributed by atoms with Crippen LogP contribution in [0, 0.1) is 23.2 Å². The Hall–Kier alpha value is -0.470. The van der Waals surface area contributed by atoms with Crippen molar-refractivity contribution in [2.24, 2.45) is 23.2 Å². The van der Waals surface area contributed by atoms with Gasteiger partial charge in [0.15, 0.2) is 0 Å². The molecule has 0 aromatic carbocycles. The lowest BCUT2D eigenvalue weighted by atomic mass is 9.54. The second-order valence-electron chi connectivity index (χ2n) is 6.05. The van der Waals surface area contributed by atoms with E-state index in [2.05, 4.69) is 32.6 Å². The molecule has 17 heavy (non-hydrogen) atoms. The monoisotopic (exact) mass is 250 g/mol. The van der Waals surface area contributed by atoms with E-state index in [0.29, 0.717) is 5.92 Å². The first kappa shape index (κ1) is 13.0. The van der Waals surface area contributed by atoms with Crippen molar-refractivity contribution in [2.75, 3.05) is 0 Å². The van der Waals surface area contributed by atoms with Crippen LogP contribution in [0.2, 0.25) is 0 Å². The third-order valence-electron chi connectivity index (χ3n) is 4.93. The number of aliphatic hydroxyl groups is 1. The van der Waals surface area contributed by atoms with Gasteiger partial charge in [-0.25, -0.2) is 0 Å². The quantitative estimate of drug-likeness (QED) is 0.567. The molecular formula is C15H22OS. The van der Waals surface area contributed by atoms with Crippen LogP contribution in [0.3, 0.4) is 0 Å². The molecule has 2 heteroatoms. The van der Waals surface area contributed by atoms with E-state index < -0.39 is 6.10 Å². The van der Waals surface area contributed by atoms with Crippen LogP contribution < -0.4 is 0 Å². The van der Waals surface area contributed by atoms with E-state index in [1.165, 1.54) is 0 Å². The Labute approximate surface area is 110 Å². The van der Waals surface area contributed by atoms with Gasteiger partial charge >= 0.3 is 0 Å². The van der Waals surface area contributed by atoms with Gasteiger partial charge in [0.05, 0.1) is 6.10 Å². The number of hydrogen-bond acceptors (Lipinski definition) is 2. The number of fused-ring (bicyclic) bond motifs is 1. The van der Waals surface area contributed by atoms with Crippen LogP contribution in [0.25, 0.3) is 0 Å². The lowest BCUT2D eigenvalue weighted by Gasteiger charge is -2.51. The molecule has 5 atom stereocenters. The van der Waals surface area contributed by atoms with E-state index in [1.807, 2.05) is 6.92 Å². The number of rotatable bonds is 1. The third kappa shape index (κ3) is 1.92. The van der Waals surface area contributed by atoms with Crippen molar-refractivity contribution >= 4 is 17.1 Å². The van der Waals surface area contributed by atoms with Crippen LogP contribution in [0.5, 0.6) is 0 Å². The highest BCUT2D eigenvalue weighted by Crippen LogP contribution is 2.52. The predicted octanol–water partition coefficient (Wildman–Crippen LogP) is 3.53. The summed E-state index contributed by atoms with van der Waals surface area (Å²) in [6, 6.07) is 0. The molecular weight excluding hydrogens is 228 g/mol. The number of aliphatic hydroxyl groups excluding tert-OH is 1. The van der Waals surface area contributed by atoms with E-state index in [-0.39, 0.29) is 17.3 Å². The standard InChI is InChI=1S/C15H22OS/c1-9(2)11-8-15(4)10(3)6-5-7-12(15)14(17)13(11)16/h5,7,10-13,16H,1,6,8H2,2-4H3. The molecule has 0 radical (unpaired) electrons. The van der Waals surface area contributed by atoms with Crippen molar-refractivity contribution in [3.8, 4) is 0 Å². The fraction of sp³-hybridized carbons (Fsp3) is 0.667.